The molecular weight excluding hydrogens is 2000 g/mol. The van der Waals surface area contributed by atoms with E-state index in [-0.39, 0.29) is 111 Å². The van der Waals surface area contributed by atoms with Gasteiger partial charge in [-0.1, -0.05) is 199 Å². The summed E-state index contributed by atoms with van der Waals surface area (Å²) in [6.45, 7) is 4.05. The minimum absolute atomic E-state index is 0. The summed E-state index contributed by atoms with van der Waals surface area (Å²) in [7, 11) is 4.03. The minimum Gasteiger partial charge on any atom is -0.515 e. The number of hydrogen-bond acceptors (Lipinski definition) is 18. The van der Waals surface area contributed by atoms with Crippen LogP contribution in [0.2, 0.25) is 0 Å². The van der Waals surface area contributed by atoms with Gasteiger partial charge in [0, 0.05) is 107 Å². The molecule has 0 bridgehead atoms. The number of rotatable bonds is 16. The maximum absolute atomic E-state index is 10.4. The molecule has 3 aliphatic rings. The fourth-order valence-corrected chi connectivity index (χ4v) is 16.4. The number of para-hydroxylation sites is 8. The fourth-order valence-electron chi connectivity index (χ4n) is 16.4. The number of phenols is 5. The van der Waals surface area contributed by atoms with Gasteiger partial charge in [0.25, 0.3) is 0 Å². The zero-order valence-electron chi connectivity index (χ0n) is 76.7. The largest absolute Gasteiger partial charge is 2.00 e. The molecule has 8 aromatic heterocycles. The summed E-state index contributed by atoms with van der Waals surface area (Å²) in [5.41, 5.74) is 28.0. The second-order valence-corrected chi connectivity index (χ2v) is 32.4. The Hall–Kier alpha value is -16.0. The first kappa shape index (κ1) is 103. The van der Waals surface area contributed by atoms with Crippen molar-refractivity contribution < 1.29 is 108 Å². The molecule has 0 saturated heterocycles. The van der Waals surface area contributed by atoms with Gasteiger partial charge in [0.1, 0.15) is 28.8 Å². The molecule has 0 radical (unpaired) electrons. The number of benzene rings is 12. The van der Waals surface area contributed by atoms with Gasteiger partial charge in [-0.3, -0.25) is 29.9 Å². The Bertz CT molecular complexity index is 7530. The van der Waals surface area contributed by atoms with E-state index in [4.69, 9.17) is 24.9 Å². The van der Waals surface area contributed by atoms with E-state index in [1.165, 1.54) is 11.1 Å². The van der Waals surface area contributed by atoms with Crippen LogP contribution in [0, 0.1) is 43.7 Å². The number of anilines is 7. The van der Waals surface area contributed by atoms with Gasteiger partial charge in [-0.25, -0.2) is 9.97 Å². The van der Waals surface area contributed by atoms with Crippen LogP contribution >= 0.6 is 0 Å². The smallest absolute Gasteiger partial charge is 0.515 e. The first-order valence-corrected chi connectivity index (χ1v) is 44.9. The van der Waals surface area contributed by atoms with Crippen LogP contribution in [0.15, 0.2) is 431 Å². The molecule has 716 valence electrons. The molecule has 0 fully saturated rings. The molecule has 2 aliphatic heterocycles. The van der Waals surface area contributed by atoms with E-state index >= 15 is 0 Å². The van der Waals surface area contributed by atoms with Gasteiger partial charge < -0.3 is 50.0 Å². The first-order valence-electron chi connectivity index (χ1n) is 44.9. The maximum atomic E-state index is 10.4. The molecule has 12 aromatic carbocycles. The third-order valence-corrected chi connectivity index (χ3v) is 23.2. The predicted octanol–water partition coefficient (Wildman–Crippen LogP) is 26.7. The summed E-state index contributed by atoms with van der Waals surface area (Å²) in [5, 5.41) is 50.7. The van der Waals surface area contributed by atoms with Crippen molar-refractivity contribution in [3.63, 3.8) is 0 Å². The van der Waals surface area contributed by atoms with Crippen LogP contribution < -0.4 is 19.6 Å². The van der Waals surface area contributed by atoms with Crippen LogP contribution in [0.4, 0.5) is 39.9 Å². The Kier molecular flexibility index (Phi) is 35.1. The number of hydrogen-bond donors (Lipinski definition) is 5. The Morgan fingerprint density at radius 3 is 1.21 bits per heavy atom. The van der Waals surface area contributed by atoms with Gasteiger partial charge in [-0.2, -0.15) is 13.3 Å². The van der Waals surface area contributed by atoms with E-state index in [1.807, 2.05) is 352 Å². The average molecular weight is 2090 g/mol. The van der Waals surface area contributed by atoms with Crippen LogP contribution in [0.3, 0.4) is 0 Å². The summed E-state index contributed by atoms with van der Waals surface area (Å²) in [4.78, 5) is 47.9. The van der Waals surface area contributed by atoms with Crippen molar-refractivity contribution >= 4 is 39.9 Å². The molecule has 0 amide bonds. The molecule has 18 nitrogen and oxygen atoms in total. The van der Waals surface area contributed by atoms with Crippen LogP contribution in [0.5, 0.6) is 28.7 Å². The zero-order valence-corrected chi connectivity index (χ0v) is 81.6. The van der Waals surface area contributed by atoms with Gasteiger partial charge in [-0.15, -0.1) is 155 Å². The molecule has 0 atom stereocenters. The summed E-state index contributed by atoms with van der Waals surface area (Å²) in [5.74, 6) is 1.97. The number of pyridine rings is 8. The molecule has 0 saturated carbocycles. The molecule has 143 heavy (non-hydrogen) atoms. The quantitative estimate of drug-likeness (QED) is 0.0448. The van der Waals surface area contributed by atoms with E-state index in [0.29, 0.717) is 16.8 Å². The van der Waals surface area contributed by atoms with Crippen molar-refractivity contribution in [2.45, 2.75) is 12.8 Å². The molecule has 5 N–H and O–H groups in total. The number of fused-ring (bicyclic) bond motifs is 4. The third kappa shape index (κ3) is 24.4. The summed E-state index contributed by atoms with van der Waals surface area (Å²) in [6.07, 6.45) is 9.42. The predicted molar refractivity (Wildman–Crippen MR) is 549 cm³/mol. The van der Waals surface area contributed by atoms with Gasteiger partial charge >= 0.3 is 33.0 Å². The number of nitrogens with zero attached hydrogens (tertiary/aromatic N) is 13. The number of phenolic OH excluding ortho intramolecular Hbond substituents is 5. The number of aryl methyl sites for hydroxylation is 2. The molecule has 23 rings (SSSR count). The second-order valence-electron chi connectivity index (χ2n) is 32.4. The molecule has 10 heterocycles. The zero-order chi connectivity index (χ0) is 94.1. The molecule has 23 heteroatoms. The van der Waals surface area contributed by atoms with Gasteiger partial charge in [-0.05, 0) is 213 Å². The van der Waals surface area contributed by atoms with Crippen molar-refractivity contribution in [2.75, 3.05) is 33.7 Å². The van der Waals surface area contributed by atoms with Crippen molar-refractivity contribution in [1.82, 2.24) is 44.8 Å². The van der Waals surface area contributed by atoms with Crippen molar-refractivity contribution in [1.29, 1.82) is 0 Å². The maximum Gasteiger partial charge on any atom is 2.00 e. The normalized spacial score (nSPS) is 11.5. The summed E-state index contributed by atoms with van der Waals surface area (Å²) < 4.78 is 0. The van der Waals surface area contributed by atoms with E-state index in [1.54, 1.807) is 67.0 Å². The molecular formula is C120H88N13Ni5O5-3. The third-order valence-electron chi connectivity index (χ3n) is 23.2. The van der Waals surface area contributed by atoms with Crippen molar-refractivity contribution in [2.24, 2.45) is 0 Å². The molecule has 0 unspecified atom stereocenters. The van der Waals surface area contributed by atoms with Gasteiger partial charge in [0.15, 0.2) is 0 Å². The average Bonchev–Trinajstić information content (AvgIpc) is 1.69. The minimum atomic E-state index is 0. The van der Waals surface area contributed by atoms with E-state index in [9.17, 15) is 25.5 Å². The first-order chi connectivity index (χ1) is 67.8. The summed E-state index contributed by atoms with van der Waals surface area (Å²) >= 11 is 0. The van der Waals surface area contributed by atoms with Crippen molar-refractivity contribution in [3.8, 4) is 164 Å². The Morgan fingerprint density at radius 2 is 0.692 bits per heavy atom. The molecule has 1 aliphatic carbocycles. The number of aromatic nitrogens is 8. The molecule has 20 aromatic rings. The second kappa shape index (κ2) is 48.8. The Morgan fingerprint density at radius 1 is 0.294 bits per heavy atom. The Labute approximate surface area is 882 Å². The van der Waals surface area contributed by atoms with E-state index in [2.05, 4.69) is 109 Å². The Balaban J connectivity index is 0.000000141. The van der Waals surface area contributed by atoms with Crippen LogP contribution in [-0.4, -0.2) is 84.4 Å². The molecule has 0 spiro atoms. The van der Waals surface area contributed by atoms with Crippen molar-refractivity contribution in [3.05, 3.63) is 486 Å². The summed E-state index contributed by atoms with van der Waals surface area (Å²) in [6, 6.07) is 147. The van der Waals surface area contributed by atoms with Gasteiger partial charge in [0.2, 0.25) is 0 Å². The van der Waals surface area contributed by atoms with E-state index in [0.717, 1.165) is 171 Å². The monoisotopic (exact) mass is 2080 g/mol. The van der Waals surface area contributed by atoms with Gasteiger partial charge in [0.05, 0.1) is 51.3 Å². The fraction of sp³-hybridized carbons (Fsp3) is 0.0333. The standard InChI is InChI=1S/C30H22N3O.C25H19N3O.2C22H15N2O.C21H17N3O.5Ni/c34-28-11-5-4-10-25(28)27-18-16-22-14-13-21-15-17-24(20-26(21)30(22)32-27)33(23-8-2-1-3-9-23)29-12-6-7-19-31-29;1-27-17-28(24-14-4-3-13-23(24)27)19-9-6-8-18(16-19)21-11-7-12-22(26-21)20-10-2-5-15-25(20)29;25-22-13-2-1-9-18(22)16-7-5-8-17(15-16)19-11-6-12-21(24-19)20-10-3-4-14-23-20;25-22-15-5-4-10-17(22)19-12-7-14-21(24-19)20-13-6-11-18(23-20)16-8-2-1-3-9-16;1-23-12-13-24(15-23)17-7-4-6-16(14-17)19-9-5-10-20(22-19)18-8-2-3-11-21(18)25;;;;;/h1-12,15-19,34H,13-14H2;2-15,17,29H,1H3;1-14,25H;1-8,10-15,25H;2-13,15,25H,1H3;;;;;/q-1;-2;2*-1;-2;;;;2*+2. The topological polar surface area (TPSA) is 220 Å². The number of aromatic hydroxyl groups is 5. The SMILES string of the molecule is CN1C=CN(c2[c-]c(-c3cccc(-c4ccccc4O)n3)ccc2)[CH-]1.CN1[CH-]N(c2[c-]c(-c3cccc(-c4ccccc4O)n3)ccc2)c2ccccc21.Oc1ccccc1-c1[c-]c(-c2cccc(-c3ccccn3)n2)ccc1.Oc1ccccc1-c1ccc2c(n1)-c1[c-]c(N(c3ccccc3)c3ccccn3)ccc1CC2.Oc1ccccc1-c1cccc(-c2cccc(-c3[c-]cccc3)n2)n1.[Ni+2].[Ni+2].[Ni].[Ni].[Ni]. The van der Waals surface area contributed by atoms with E-state index < -0.39 is 0 Å². The van der Waals surface area contributed by atoms with Crippen LogP contribution in [0.1, 0.15) is 11.1 Å². The van der Waals surface area contributed by atoms with Crippen LogP contribution in [0.25, 0.3) is 135 Å². The van der Waals surface area contributed by atoms with Crippen LogP contribution in [-0.2, 0) is 95.3 Å².